The summed E-state index contributed by atoms with van der Waals surface area (Å²) in [5.74, 6) is 0. The van der Waals surface area contributed by atoms with Crippen LogP contribution in [0, 0.1) is 6.92 Å². The molecule has 1 heterocycles. The molecule has 0 aliphatic carbocycles. The van der Waals surface area contributed by atoms with Crippen LogP contribution in [0.15, 0.2) is 36.5 Å². The van der Waals surface area contributed by atoms with Gasteiger partial charge in [0.15, 0.2) is 0 Å². The van der Waals surface area contributed by atoms with E-state index in [-0.39, 0.29) is 0 Å². The number of hydrogen-bond acceptors (Lipinski definition) is 2. The molecule has 1 aromatic carbocycles. The average molecular weight is 212 g/mol. The molecule has 0 spiro atoms. The molecule has 0 aliphatic rings. The molecule has 2 rings (SSSR count). The van der Waals surface area contributed by atoms with Crippen LogP contribution < -0.4 is 5.73 Å². The number of hydrogen-bond donors (Lipinski definition) is 1. The molecule has 0 saturated heterocycles. The fourth-order valence-corrected chi connectivity index (χ4v) is 1.84. The van der Waals surface area contributed by atoms with Crippen molar-refractivity contribution in [3.05, 3.63) is 47.7 Å². The van der Waals surface area contributed by atoms with E-state index in [0.717, 1.165) is 23.2 Å². The molecule has 0 aliphatic heterocycles. The highest BCUT2D eigenvalue weighted by Crippen LogP contribution is 2.23. The highest BCUT2D eigenvalue weighted by atomic mass is 14.7. The van der Waals surface area contributed by atoms with E-state index < -0.39 is 0 Å². The summed E-state index contributed by atoms with van der Waals surface area (Å²) in [4.78, 5) is 4.40. The lowest BCUT2D eigenvalue weighted by atomic mass is 10.0. The second kappa shape index (κ2) is 4.35. The van der Waals surface area contributed by atoms with E-state index in [1.165, 1.54) is 5.56 Å². The zero-order valence-corrected chi connectivity index (χ0v) is 9.70. The number of aryl methyl sites for hydroxylation is 2. The summed E-state index contributed by atoms with van der Waals surface area (Å²) >= 11 is 0. The van der Waals surface area contributed by atoms with E-state index in [1.54, 1.807) is 6.20 Å². The summed E-state index contributed by atoms with van der Waals surface area (Å²) in [5, 5.41) is 0. The van der Waals surface area contributed by atoms with Gasteiger partial charge in [-0.3, -0.25) is 4.98 Å². The van der Waals surface area contributed by atoms with Crippen LogP contribution >= 0.6 is 0 Å². The molecule has 0 bridgehead atoms. The van der Waals surface area contributed by atoms with Crippen molar-refractivity contribution in [3.8, 4) is 11.3 Å². The average Bonchev–Trinajstić information content (AvgIpc) is 2.29. The van der Waals surface area contributed by atoms with Crippen LogP contribution in [-0.2, 0) is 6.42 Å². The van der Waals surface area contributed by atoms with Gasteiger partial charge in [-0.2, -0.15) is 0 Å². The molecule has 2 aromatic rings. The minimum atomic E-state index is 0.716. The van der Waals surface area contributed by atoms with Gasteiger partial charge in [0.25, 0.3) is 0 Å². The maximum atomic E-state index is 5.70. The number of nitrogens with two attached hydrogens (primary N) is 1. The normalized spacial score (nSPS) is 10.4. The van der Waals surface area contributed by atoms with Crippen LogP contribution in [0.4, 0.5) is 5.69 Å². The van der Waals surface area contributed by atoms with Crippen molar-refractivity contribution in [3.63, 3.8) is 0 Å². The smallest absolute Gasteiger partial charge is 0.0732 e. The standard InChI is InChI=1S/C14H16N2/c1-3-11-5-4-6-12(8-11)14-10(2)7-13(15)9-16-14/h4-9H,3,15H2,1-2H3. The lowest BCUT2D eigenvalue weighted by Crippen LogP contribution is -1.93. The van der Waals surface area contributed by atoms with Gasteiger partial charge in [-0.1, -0.05) is 25.1 Å². The second-order valence-electron chi connectivity index (χ2n) is 3.99. The number of nitrogen functional groups attached to an aromatic ring is 1. The van der Waals surface area contributed by atoms with Crippen LogP contribution in [0.5, 0.6) is 0 Å². The molecule has 82 valence electrons. The summed E-state index contributed by atoms with van der Waals surface area (Å²) in [6, 6.07) is 10.4. The molecule has 16 heavy (non-hydrogen) atoms. The Bertz CT molecular complexity index is 504. The lowest BCUT2D eigenvalue weighted by Gasteiger charge is -2.07. The maximum Gasteiger partial charge on any atom is 0.0732 e. The van der Waals surface area contributed by atoms with E-state index in [9.17, 15) is 0 Å². The van der Waals surface area contributed by atoms with Gasteiger partial charge >= 0.3 is 0 Å². The molecule has 0 atom stereocenters. The van der Waals surface area contributed by atoms with Crippen molar-refractivity contribution >= 4 is 5.69 Å². The van der Waals surface area contributed by atoms with E-state index in [2.05, 4.69) is 36.2 Å². The highest BCUT2D eigenvalue weighted by molar-refractivity contribution is 5.65. The Morgan fingerprint density at radius 2 is 2.06 bits per heavy atom. The summed E-state index contributed by atoms with van der Waals surface area (Å²) in [6.07, 6.45) is 2.75. The monoisotopic (exact) mass is 212 g/mol. The summed E-state index contributed by atoms with van der Waals surface area (Å²) in [6.45, 7) is 4.19. The van der Waals surface area contributed by atoms with Gasteiger partial charge in [-0.25, -0.2) is 0 Å². The first-order chi connectivity index (χ1) is 7.70. The first-order valence-electron chi connectivity index (χ1n) is 5.52. The van der Waals surface area contributed by atoms with Crippen LogP contribution in [-0.4, -0.2) is 4.98 Å². The topological polar surface area (TPSA) is 38.9 Å². The van der Waals surface area contributed by atoms with Gasteiger partial charge in [0.05, 0.1) is 17.6 Å². The Labute approximate surface area is 96.1 Å². The molecule has 0 radical (unpaired) electrons. The summed E-state index contributed by atoms with van der Waals surface area (Å²) < 4.78 is 0. The number of pyridine rings is 1. The number of nitrogens with zero attached hydrogens (tertiary/aromatic N) is 1. The van der Waals surface area contributed by atoms with Gasteiger partial charge < -0.3 is 5.73 Å². The van der Waals surface area contributed by atoms with E-state index in [4.69, 9.17) is 5.73 Å². The number of benzene rings is 1. The number of rotatable bonds is 2. The minimum absolute atomic E-state index is 0.716. The molecule has 2 nitrogen and oxygen atoms in total. The van der Waals surface area contributed by atoms with Crippen molar-refractivity contribution in [2.24, 2.45) is 0 Å². The minimum Gasteiger partial charge on any atom is -0.397 e. The Balaban J connectivity index is 2.49. The van der Waals surface area contributed by atoms with Gasteiger partial charge in [0, 0.05) is 5.56 Å². The molecular formula is C14H16N2. The lowest BCUT2D eigenvalue weighted by molar-refractivity contribution is 1.14. The van der Waals surface area contributed by atoms with Crippen LogP contribution in [0.1, 0.15) is 18.1 Å². The van der Waals surface area contributed by atoms with Gasteiger partial charge in [0.2, 0.25) is 0 Å². The van der Waals surface area contributed by atoms with Crippen molar-refractivity contribution in [1.82, 2.24) is 4.98 Å². The fourth-order valence-electron chi connectivity index (χ4n) is 1.84. The Kier molecular flexibility index (Phi) is 2.91. The van der Waals surface area contributed by atoms with E-state index >= 15 is 0 Å². The van der Waals surface area contributed by atoms with Gasteiger partial charge in [-0.05, 0) is 36.6 Å². The molecule has 1 aromatic heterocycles. The summed E-state index contributed by atoms with van der Waals surface area (Å²) in [7, 11) is 0. The van der Waals surface area contributed by atoms with Crippen molar-refractivity contribution in [2.75, 3.05) is 5.73 Å². The first-order valence-corrected chi connectivity index (χ1v) is 5.52. The third kappa shape index (κ3) is 2.06. The summed E-state index contributed by atoms with van der Waals surface area (Å²) in [5.41, 5.74) is 11.0. The van der Waals surface area contributed by atoms with Crippen LogP contribution in [0.25, 0.3) is 11.3 Å². The zero-order chi connectivity index (χ0) is 11.5. The molecule has 0 saturated carbocycles. The Morgan fingerprint density at radius 3 is 2.75 bits per heavy atom. The maximum absolute atomic E-state index is 5.70. The third-order valence-electron chi connectivity index (χ3n) is 2.71. The van der Waals surface area contributed by atoms with Gasteiger partial charge in [0.1, 0.15) is 0 Å². The van der Waals surface area contributed by atoms with Gasteiger partial charge in [-0.15, -0.1) is 0 Å². The predicted octanol–water partition coefficient (Wildman–Crippen LogP) is 3.20. The van der Waals surface area contributed by atoms with Crippen molar-refractivity contribution in [1.29, 1.82) is 0 Å². The molecule has 2 N–H and O–H groups in total. The second-order valence-corrected chi connectivity index (χ2v) is 3.99. The van der Waals surface area contributed by atoms with E-state index in [1.807, 2.05) is 13.0 Å². The zero-order valence-electron chi connectivity index (χ0n) is 9.70. The highest BCUT2D eigenvalue weighted by Gasteiger charge is 2.04. The quantitative estimate of drug-likeness (QED) is 0.830. The van der Waals surface area contributed by atoms with Crippen LogP contribution in [0.2, 0.25) is 0 Å². The van der Waals surface area contributed by atoms with Crippen molar-refractivity contribution in [2.45, 2.75) is 20.3 Å². The SMILES string of the molecule is CCc1cccc(-c2ncc(N)cc2C)c1. The molecular weight excluding hydrogens is 196 g/mol. The fraction of sp³-hybridized carbons (Fsp3) is 0.214. The molecule has 2 heteroatoms. The predicted molar refractivity (Wildman–Crippen MR) is 68.2 cm³/mol. The molecule has 0 unspecified atom stereocenters. The first kappa shape index (κ1) is 10.7. The third-order valence-corrected chi connectivity index (χ3v) is 2.71. The molecule has 0 fully saturated rings. The molecule has 0 amide bonds. The Hall–Kier alpha value is -1.83. The van der Waals surface area contributed by atoms with E-state index in [0.29, 0.717) is 5.69 Å². The van der Waals surface area contributed by atoms with Crippen LogP contribution in [0.3, 0.4) is 0 Å². The largest absolute Gasteiger partial charge is 0.397 e. The number of aromatic nitrogens is 1. The van der Waals surface area contributed by atoms with Crippen molar-refractivity contribution < 1.29 is 0 Å². The number of anilines is 1. The Morgan fingerprint density at radius 1 is 1.25 bits per heavy atom.